The number of nitrogens with one attached hydrogen (secondary N) is 1. The molecule has 1 saturated heterocycles. The molecule has 3 rings (SSSR count). The Labute approximate surface area is 128 Å². The van der Waals surface area contributed by atoms with Crippen LogP contribution in [-0.4, -0.2) is 36.4 Å². The maximum absolute atomic E-state index is 12.2. The molecule has 0 radical (unpaired) electrons. The van der Waals surface area contributed by atoms with Crippen LogP contribution in [-0.2, 0) is 6.54 Å². The number of halogens is 3. The van der Waals surface area contributed by atoms with Crippen molar-refractivity contribution < 1.29 is 17.9 Å². The molecule has 122 valence electrons. The minimum atomic E-state index is -4.64. The van der Waals surface area contributed by atoms with E-state index in [1.54, 1.807) is 6.07 Å². The number of ether oxygens (including phenoxy) is 1. The summed E-state index contributed by atoms with van der Waals surface area (Å²) >= 11 is 0. The van der Waals surface area contributed by atoms with E-state index in [0.29, 0.717) is 12.6 Å². The van der Waals surface area contributed by atoms with Crippen molar-refractivity contribution >= 4 is 0 Å². The molecule has 1 saturated carbocycles. The van der Waals surface area contributed by atoms with Gasteiger partial charge in [0.1, 0.15) is 5.75 Å². The minimum Gasteiger partial charge on any atom is -0.406 e. The second-order valence-corrected chi connectivity index (χ2v) is 6.12. The first-order valence-electron chi connectivity index (χ1n) is 7.82. The van der Waals surface area contributed by atoms with Crippen molar-refractivity contribution in [3.63, 3.8) is 0 Å². The fourth-order valence-electron chi connectivity index (χ4n) is 3.02. The van der Waals surface area contributed by atoms with E-state index >= 15 is 0 Å². The van der Waals surface area contributed by atoms with Gasteiger partial charge in [-0.3, -0.25) is 0 Å². The van der Waals surface area contributed by atoms with E-state index in [9.17, 15) is 13.2 Å². The van der Waals surface area contributed by atoms with Crippen LogP contribution in [0.15, 0.2) is 24.3 Å². The van der Waals surface area contributed by atoms with Crippen molar-refractivity contribution in [3.05, 3.63) is 29.8 Å². The summed E-state index contributed by atoms with van der Waals surface area (Å²) in [5.41, 5.74) is 0.811. The van der Waals surface area contributed by atoms with E-state index in [0.717, 1.165) is 37.5 Å². The van der Waals surface area contributed by atoms with E-state index in [1.165, 1.54) is 25.0 Å². The van der Waals surface area contributed by atoms with Gasteiger partial charge in [0.2, 0.25) is 0 Å². The molecular formula is C16H21F3N2O. The van der Waals surface area contributed by atoms with Crippen LogP contribution in [0.1, 0.15) is 31.2 Å². The SMILES string of the molecule is FC(F)(F)Oc1cccc(CNC2CCN(C3CC3)CC2)c1. The maximum Gasteiger partial charge on any atom is 0.573 e. The molecule has 0 bridgehead atoms. The second kappa shape index (κ2) is 6.46. The highest BCUT2D eigenvalue weighted by Crippen LogP contribution is 2.29. The average molecular weight is 314 g/mol. The largest absolute Gasteiger partial charge is 0.573 e. The van der Waals surface area contributed by atoms with Crippen LogP contribution in [0.3, 0.4) is 0 Å². The summed E-state index contributed by atoms with van der Waals surface area (Å²) in [5.74, 6) is -0.157. The predicted molar refractivity (Wildman–Crippen MR) is 77.6 cm³/mol. The second-order valence-electron chi connectivity index (χ2n) is 6.12. The number of nitrogens with zero attached hydrogens (tertiary/aromatic N) is 1. The fraction of sp³-hybridized carbons (Fsp3) is 0.625. The fourth-order valence-corrected chi connectivity index (χ4v) is 3.02. The molecule has 6 heteroatoms. The van der Waals surface area contributed by atoms with Crippen molar-refractivity contribution in [1.82, 2.24) is 10.2 Å². The third-order valence-corrected chi connectivity index (χ3v) is 4.32. The number of hydrogen-bond donors (Lipinski definition) is 1. The quantitative estimate of drug-likeness (QED) is 0.902. The van der Waals surface area contributed by atoms with Gasteiger partial charge in [-0.25, -0.2) is 0 Å². The van der Waals surface area contributed by atoms with E-state index in [2.05, 4.69) is 15.0 Å². The summed E-state index contributed by atoms with van der Waals surface area (Å²) in [6.45, 7) is 2.82. The van der Waals surface area contributed by atoms with Gasteiger partial charge >= 0.3 is 6.36 Å². The van der Waals surface area contributed by atoms with Gasteiger partial charge in [-0.05, 0) is 56.5 Å². The lowest BCUT2D eigenvalue weighted by Gasteiger charge is -2.32. The molecule has 1 aromatic rings. The molecule has 0 amide bonds. The topological polar surface area (TPSA) is 24.5 Å². The number of rotatable bonds is 5. The Bertz CT molecular complexity index is 494. The van der Waals surface area contributed by atoms with Gasteiger partial charge in [-0.15, -0.1) is 13.2 Å². The standard InChI is InChI=1S/C16H21F3N2O/c17-16(18,19)22-15-3-1-2-12(10-15)11-20-13-6-8-21(9-7-13)14-4-5-14/h1-3,10,13-14,20H,4-9,11H2. The first-order chi connectivity index (χ1) is 10.5. The smallest absolute Gasteiger partial charge is 0.406 e. The highest BCUT2D eigenvalue weighted by atomic mass is 19.4. The molecule has 2 fully saturated rings. The zero-order chi connectivity index (χ0) is 15.6. The lowest BCUT2D eigenvalue weighted by molar-refractivity contribution is -0.274. The third-order valence-electron chi connectivity index (χ3n) is 4.32. The van der Waals surface area contributed by atoms with E-state index in [-0.39, 0.29) is 5.75 Å². The van der Waals surface area contributed by atoms with E-state index < -0.39 is 6.36 Å². The molecule has 2 aliphatic rings. The Morgan fingerprint density at radius 3 is 2.50 bits per heavy atom. The van der Waals surface area contributed by atoms with Gasteiger partial charge in [0.15, 0.2) is 0 Å². The molecule has 1 N–H and O–H groups in total. The molecule has 0 spiro atoms. The molecule has 3 nitrogen and oxygen atoms in total. The van der Waals surface area contributed by atoms with Crippen LogP contribution in [0, 0.1) is 0 Å². The summed E-state index contributed by atoms with van der Waals surface area (Å²) in [6.07, 6.45) is 0.250. The maximum atomic E-state index is 12.2. The Morgan fingerprint density at radius 1 is 1.14 bits per heavy atom. The zero-order valence-corrected chi connectivity index (χ0v) is 12.4. The van der Waals surface area contributed by atoms with Gasteiger partial charge in [-0.1, -0.05) is 12.1 Å². The Kier molecular flexibility index (Phi) is 4.59. The van der Waals surface area contributed by atoms with Crippen LogP contribution >= 0.6 is 0 Å². The van der Waals surface area contributed by atoms with Gasteiger partial charge in [-0.2, -0.15) is 0 Å². The van der Waals surface area contributed by atoms with Crippen molar-refractivity contribution in [2.45, 2.75) is 50.7 Å². The first-order valence-corrected chi connectivity index (χ1v) is 7.82. The van der Waals surface area contributed by atoms with Crippen molar-refractivity contribution in [2.75, 3.05) is 13.1 Å². The van der Waals surface area contributed by atoms with E-state index in [1.807, 2.05) is 6.07 Å². The molecule has 0 atom stereocenters. The van der Waals surface area contributed by atoms with Crippen LogP contribution < -0.4 is 10.1 Å². The normalized spacial score (nSPS) is 21.0. The highest BCUT2D eigenvalue weighted by Gasteiger charge is 2.32. The van der Waals surface area contributed by atoms with Gasteiger partial charge < -0.3 is 15.0 Å². The number of hydrogen-bond acceptors (Lipinski definition) is 3. The molecular weight excluding hydrogens is 293 g/mol. The summed E-state index contributed by atoms with van der Waals surface area (Å²) in [6, 6.07) is 7.44. The van der Waals surface area contributed by atoms with Gasteiger partial charge in [0.05, 0.1) is 0 Å². The van der Waals surface area contributed by atoms with E-state index in [4.69, 9.17) is 0 Å². The van der Waals surface area contributed by atoms with Gasteiger partial charge in [0, 0.05) is 18.6 Å². The first kappa shape index (κ1) is 15.6. The summed E-state index contributed by atoms with van der Waals surface area (Å²) in [5, 5.41) is 3.44. The summed E-state index contributed by atoms with van der Waals surface area (Å²) in [7, 11) is 0. The predicted octanol–water partition coefficient (Wildman–Crippen LogP) is 3.30. The molecule has 22 heavy (non-hydrogen) atoms. The minimum absolute atomic E-state index is 0.157. The Balaban J connectivity index is 1.46. The molecule has 1 aliphatic heterocycles. The highest BCUT2D eigenvalue weighted by molar-refractivity contribution is 5.28. The lowest BCUT2D eigenvalue weighted by Crippen LogP contribution is -2.43. The zero-order valence-electron chi connectivity index (χ0n) is 12.4. The number of alkyl halides is 3. The Hall–Kier alpha value is -1.27. The number of likely N-dealkylation sites (tertiary alicyclic amines) is 1. The molecule has 0 unspecified atom stereocenters. The van der Waals surface area contributed by atoms with Crippen molar-refractivity contribution in [3.8, 4) is 5.75 Å². The van der Waals surface area contributed by atoms with Crippen molar-refractivity contribution in [2.24, 2.45) is 0 Å². The van der Waals surface area contributed by atoms with Crippen LogP contribution in [0.25, 0.3) is 0 Å². The van der Waals surface area contributed by atoms with Crippen LogP contribution in [0.5, 0.6) is 5.75 Å². The lowest BCUT2D eigenvalue weighted by atomic mass is 10.0. The number of piperidine rings is 1. The molecule has 1 aliphatic carbocycles. The summed E-state index contributed by atoms with van der Waals surface area (Å²) in [4.78, 5) is 2.55. The third kappa shape index (κ3) is 4.61. The molecule has 1 heterocycles. The number of benzene rings is 1. The monoisotopic (exact) mass is 314 g/mol. The molecule has 0 aromatic heterocycles. The summed E-state index contributed by atoms with van der Waals surface area (Å²) < 4.78 is 40.6. The Morgan fingerprint density at radius 2 is 1.86 bits per heavy atom. The van der Waals surface area contributed by atoms with Crippen molar-refractivity contribution in [1.29, 1.82) is 0 Å². The van der Waals surface area contributed by atoms with Gasteiger partial charge in [0.25, 0.3) is 0 Å². The van der Waals surface area contributed by atoms with Crippen LogP contribution in [0.4, 0.5) is 13.2 Å². The molecule has 1 aromatic carbocycles. The average Bonchev–Trinajstić information content (AvgIpc) is 3.29. The van der Waals surface area contributed by atoms with Crippen LogP contribution in [0.2, 0.25) is 0 Å².